The number of thioether (sulfide) groups is 1. The largest absolute Gasteiger partial charge is 0.309 e. The third kappa shape index (κ3) is 3.43. The maximum absolute atomic E-state index is 11.4. The first-order valence-corrected chi connectivity index (χ1v) is 7.35. The van der Waals surface area contributed by atoms with Crippen LogP contribution in [0.25, 0.3) is 0 Å². The number of nitrogens with zero attached hydrogens (tertiary/aromatic N) is 1. The number of aromatic amines is 1. The number of nitrogens with one attached hydrogen (secondary N) is 1. The van der Waals surface area contributed by atoms with E-state index in [1.807, 2.05) is 24.3 Å². The van der Waals surface area contributed by atoms with E-state index in [0.29, 0.717) is 16.0 Å². The van der Waals surface area contributed by atoms with Crippen molar-refractivity contribution >= 4 is 43.6 Å². The van der Waals surface area contributed by atoms with Crippen LogP contribution in [-0.2, 0) is 5.75 Å². The average Bonchev–Trinajstić information content (AvgIpc) is 2.32. The number of aromatic nitrogens is 2. The van der Waals surface area contributed by atoms with Crippen LogP contribution >= 0.6 is 43.6 Å². The Labute approximate surface area is 119 Å². The molecule has 0 aliphatic heterocycles. The molecule has 0 aliphatic carbocycles. The molecule has 2 aromatic rings. The van der Waals surface area contributed by atoms with Crippen molar-refractivity contribution in [1.82, 2.24) is 9.97 Å². The van der Waals surface area contributed by atoms with Crippen LogP contribution in [0.1, 0.15) is 5.82 Å². The molecule has 0 spiro atoms. The van der Waals surface area contributed by atoms with E-state index in [4.69, 9.17) is 0 Å². The van der Waals surface area contributed by atoms with Gasteiger partial charge in [-0.05, 0) is 44.0 Å². The molecule has 1 aromatic heterocycles. The van der Waals surface area contributed by atoms with Crippen LogP contribution < -0.4 is 5.56 Å². The molecule has 6 heteroatoms. The standard InChI is InChI=1S/C11H8Br2N2OS/c12-7-3-1-2-4-9(7)17-6-10-14-5-8(13)11(16)15-10/h1-5H,6H2,(H,14,15,16). The fourth-order valence-electron chi connectivity index (χ4n) is 1.20. The van der Waals surface area contributed by atoms with Crippen LogP contribution in [0.4, 0.5) is 0 Å². The minimum absolute atomic E-state index is 0.150. The second-order valence-corrected chi connectivity index (χ2v) is 5.95. The van der Waals surface area contributed by atoms with Crippen molar-refractivity contribution < 1.29 is 0 Å². The van der Waals surface area contributed by atoms with Crippen molar-refractivity contribution in [2.75, 3.05) is 0 Å². The average molecular weight is 376 g/mol. The number of halogens is 2. The molecular formula is C11H8Br2N2OS. The van der Waals surface area contributed by atoms with Crippen LogP contribution in [0.3, 0.4) is 0 Å². The van der Waals surface area contributed by atoms with E-state index >= 15 is 0 Å². The highest BCUT2D eigenvalue weighted by Crippen LogP contribution is 2.28. The molecule has 0 atom stereocenters. The SMILES string of the molecule is O=c1[nH]c(CSc2ccccc2Br)ncc1Br. The lowest BCUT2D eigenvalue weighted by atomic mass is 10.4. The zero-order chi connectivity index (χ0) is 12.3. The molecule has 88 valence electrons. The highest BCUT2D eigenvalue weighted by atomic mass is 79.9. The zero-order valence-electron chi connectivity index (χ0n) is 8.61. The summed E-state index contributed by atoms with van der Waals surface area (Å²) in [6, 6.07) is 7.95. The van der Waals surface area contributed by atoms with Gasteiger partial charge in [-0.15, -0.1) is 11.8 Å². The summed E-state index contributed by atoms with van der Waals surface area (Å²) >= 11 is 8.21. The van der Waals surface area contributed by atoms with E-state index < -0.39 is 0 Å². The van der Waals surface area contributed by atoms with Crippen LogP contribution in [0.5, 0.6) is 0 Å². The predicted molar refractivity (Wildman–Crippen MR) is 76.3 cm³/mol. The number of benzene rings is 1. The Kier molecular flexibility index (Phi) is 4.42. The molecule has 1 N–H and O–H groups in total. The summed E-state index contributed by atoms with van der Waals surface area (Å²) in [5.74, 6) is 1.30. The number of H-pyrrole nitrogens is 1. The van der Waals surface area contributed by atoms with Crippen molar-refractivity contribution in [3.05, 3.63) is 55.6 Å². The van der Waals surface area contributed by atoms with Gasteiger partial charge in [0, 0.05) is 15.6 Å². The lowest BCUT2D eigenvalue weighted by Crippen LogP contribution is -2.10. The summed E-state index contributed by atoms with van der Waals surface area (Å²) in [5.41, 5.74) is -0.150. The van der Waals surface area contributed by atoms with Gasteiger partial charge in [0.05, 0.1) is 5.75 Å². The second kappa shape index (κ2) is 5.84. The van der Waals surface area contributed by atoms with Crippen molar-refractivity contribution in [3.63, 3.8) is 0 Å². The topological polar surface area (TPSA) is 45.8 Å². The quantitative estimate of drug-likeness (QED) is 0.834. The Hall–Kier alpha value is -0.590. The third-order valence-corrected chi connectivity index (χ3v) is 4.61. The van der Waals surface area contributed by atoms with Gasteiger partial charge in [0.25, 0.3) is 5.56 Å². The zero-order valence-corrected chi connectivity index (χ0v) is 12.6. The van der Waals surface area contributed by atoms with E-state index in [9.17, 15) is 4.79 Å². The molecule has 1 heterocycles. The van der Waals surface area contributed by atoms with Gasteiger partial charge in [0.1, 0.15) is 10.3 Å². The lowest BCUT2D eigenvalue weighted by molar-refractivity contribution is 0.990. The third-order valence-electron chi connectivity index (χ3n) is 2.01. The van der Waals surface area contributed by atoms with Gasteiger partial charge in [-0.3, -0.25) is 4.79 Å². The molecule has 0 amide bonds. The summed E-state index contributed by atoms with van der Waals surface area (Å²) in [7, 11) is 0. The van der Waals surface area contributed by atoms with E-state index in [-0.39, 0.29) is 5.56 Å². The maximum Gasteiger partial charge on any atom is 0.265 e. The van der Waals surface area contributed by atoms with Gasteiger partial charge >= 0.3 is 0 Å². The molecule has 0 aliphatic rings. The summed E-state index contributed by atoms with van der Waals surface area (Å²) in [6.45, 7) is 0. The summed E-state index contributed by atoms with van der Waals surface area (Å²) in [5, 5.41) is 0. The van der Waals surface area contributed by atoms with Crippen molar-refractivity contribution in [2.24, 2.45) is 0 Å². The molecule has 2 rings (SSSR count). The summed E-state index contributed by atoms with van der Waals surface area (Å²) in [6.07, 6.45) is 1.52. The monoisotopic (exact) mass is 374 g/mol. The van der Waals surface area contributed by atoms with E-state index in [2.05, 4.69) is 41.8 Å². The van der Waals surface area contributed by atoms with Gasteiger partial charge < -0.3 is 4.98 Å². The number of rotatable bonds is 3. The Balaban J connectivity index is 2.10. The first-order chi connectivity index (χ1) is 8.16. The van der Waals surface area contributed by atoms with Crippen LogP contribution in [0.15, 0.2) is 49.1 Å². The molecule has 1 aromatic carbocycles. The Morgan fingerprint density at radius 1 is 1.24 bits per heavy atom. The minimum Gasteiger partial charge on any atom is -0.309 e. The first kappa shape index (κ1) is 12.9. The lowest BCUT2D eigenvalue weighted by Gasteiger charge is -2.03. The summed E-state index contributed by atoms with van der Waals surface area (Å²) < 4.78 is 1.50. The Morgan fingerprint density at radius 2 is 2.00 bits per heavy atom. The van der Waals surface area contributed by atoms with Gasteiger partial charge in [0.15, 0.2) is 0 Å². The molecule has 0 unspecified atom stereocenters. The predicted octanol–water partition coefficient (Wildman–Crippen LogP) is 3.59. The fourth-order valence-corrected chi connectivity index (χ4v) is 2.85. The first-order valence-electron chi connectivity index (χ1n) is 4.78. The van der Waals surface area contributed by atoms with Gasteiger partial charge in [-0.1, -0.05) is 12.1 Å². The van der Waals surface area contributed by atoms with E-state index in [0.717, 1.165) is 9.37 Å². The molecule has 0 saturated carbocycles. The van der Waals surface area contributed by atoms with Crippen molar-refractivity contribution in [2.45, 2.75) is 10.6 Å². The van der Waals surface area contributed by atoms with E-state index in [1.165, 1.54) is 6.20 Å². The molecule has 3 nitrogen and oxygen atoms in total. The summed E-state index contributed by atoms with van der Waals surface area (Å²) in [4.78, 5) is 19.3. The number of hydrogen-bond acceptors (Lipinski definition) is 3. The van der Waals surface area contributed by atoms with Crippen LogP contribution in [0, 0.1) is 0 Å². The molecule has 0 saturated heterocycles. The van der Waals surface area contributed by atoms with Crippen LogP contribution in [0.2, 0.25) is 0 Å². The van der Waals surface area contributed by atoms with E-state index in [1.54, 1.807) is 11.8 Å². The molecular weight excluding hydrogens is 368 g/mol. The molecule has 0 radical (unpaired) electrons. The van der Waals surface area contributed by atoms with Crippen molar-refractivity contribution in [1.29, 1.82) is 0 Å². The van der Waals surface area contributed by atoms with Gasteiger partial charge in [0.2, 0.25) is 0 Å². The second-order valence-electron chi connectivity index (χ2n) is 3.23. The minimum atomic E-state index is -0.150. The van der Waals surface area contributed by atoms with Gasteiger partial charge in [-0.2, -0.15) is 0 Å². The molecule has 0 fully saturated rings. The Bertz CT molecular complexity index is 586. The highest BCUT2D eigenvalue weighted by Gasteiger charge is 2.03. The number of hydrogen-bond donors (Lipinski definition) is 1. The van der Waals surface area contributed by atoms with Gasteiger partial charge in [-0.25, -0.2) is 4.98 Å². The highest BCUT2D eigenvalue weighted by molar-refractivity contribution is 9.10. The molecule has 17 heavy (non-hydrogen) atoms. The fraction of sp³-hybridized carbons (Fsp3) is 0.0909. The van der Waals surface area contributed by atoms with Crippen LogP contribution in [-0.4, -0.2) is 9.97 Å². The normalized spacial score (nSPS) is 10.5. The Morgan fingerprint density at radius 3 is 2.71 bits per heavy atom. The van der Waals surface area contributed by atoms with Crippen molar-refractivity contribution in [3.8, 4) is 0 Å². The maximum atomic E-state index is 11.4. The molecule has 0 bridgehead atoms. The smallest absolute Gasteiger partial charge is 0.265 e.